The molecule has 92 heavy (non-hydrogen) atoms. The van der Waals surface area contributed by atoms with Gasteiger partial charge in [0.25, 0.3) is 0 Å². The van der Waals surface area contributed by atoms with Crippen LogP contribution in [-0.4, -0.2) is 178 Å². The SMILES string of the molecule is CC[C@H](C)CCC(=O)N[C@@H](C(=O)N[C@H](C(=O)N[C@H](C(=O)N[C@@H](C(=O)N1CCC[C@@H]1C(=O)N[C@@H](CCCNC(=O)OC(C)(C)C)C(=O)N[C@@H](C(=O)NC(CN)C(=O)N[C@@H](C(=O)N[C@H](C(=O)O)C(C)C)[C@@H](C)CC)[C@@H](C)CC)C(C)C)C(C)C)[C@@H](C)OC(C)(C)C)C(C)C. The predicted octanol–water partition coefficient (Wildman–Crippen LogP) is 3.43. The second-order valence-corrected chi connectivity index (χ2v) is 28.2. The molecule has 11 amide bonds. The molecule has 0 aromatic carbocycles. The molecule has 0 aliphatic carbocycles. The van der Waals surface area contributed by atoms with Crippen molar-refractivity contribution in [2.45, 2.75) is 281 Å². The highest BCUT2D eigenvalue weighted by Gasteiger charge is 2.43. The van der Waals surface area contributed by atoms with Gasteiger partial charge in [-0.15, -0.1) is 0 Å². The lowest BCUT2D eigenvalue weighted by Gasteiger charge is -2.34. The van der Waals surface area contributed by atoms with Gasteiger partial charge in [0.2, 0.25) is 59.1 Å². The van der Waals surface area contributed by atoms with Crippen molar-refractivity contribution in [2.24, 2.45) is 47.2 Å². The van der Waals surface area contributed by atoms with Crippen LogP contribution in [-0.2, 0) is 62.2 Å². The number of nitrogens with zero attached hydrogens (tertiary/aromatic N) is 1. The van der Waals surface area contributed by atoms with Gasteiger partial charge in [-0.1, -0.05) is 116 Å². The summed E-state index contributed by atoms with van der Waals surface area (Å²) in [5.41, 5.74) is 4.45. The van der Waals surface area contributed by atoms with Gasteiger partial charge in [0.15, 0.2) is 0 Å². The van der Waals surface area contributed by atoms with Gasteiger partial charge in [0.1, 0.15) is 66.0 Å². The Balaban J connectivity index is 3.63. The molecule has 14 atom stereocenters. The number of amides is 11. The maximum Gasteiger partial charge on any atom is 0.407 e. The van der Waals surface area contributed by atoms with E-state index in [4.69, 9.17) is 15.2 Å². The zero-order valence-electron chi connectivity index (χ0n) is 59.1. The van der Waals surface area contributed by atoms with Crippen LogP contribution >= 0.6 is 0 Å². The first-order valence-corrected chi connectivity index (χ1v) is 33.2. The van der Waals surface area contributed by atoms with Crippen LogP contribution in [0.5, 0.6) is 0 Å². The fourth-order valence-electron chi connectivity index (χ4n) is 10.2. The highest BCUT2D eigenvalue weighted by molar-refractivity contribution is 5.99. The Kier molecular flexibility index (Phi) is 35.5. The van der Waals surface area contributed by atoms with Crippen LogP contribution in [0, 0.1) is 41.4 Å². The van der Waals surface area contributed by atoms with Crippen molar-refractivity contribution in [3.8, 4) is 0 Å². The minimum atomic E-state index is -1.43. The standard InChI is InChI=1S/C65H118N12O15/c1-22-38(12)29-30-45(78)70-46(34(4)5)56(82)76-52(41(15)91-64(16,17)18)60(86)71-47(35(6)7)57(83)72-48(36(8)9)61(87)77-32-26-28-44(77)55(81)68-42(27-25-31-67-63(90)92-65(19,20)21)53(79)74-50(39(13)23-2)58(84)69-43(33-66)54(80)75-51(40(14)24-3)59(85)73-49(37(10)11)62(88)89/h34-44,46-52H,22-33,66H2,1-21H3,(H,67,90)(H,68,81)(H,69,84)(H,70,78)(H,71,86)(H,72,83)(H,73,85)(H,74,79)(H,75,80)(H,76,82)(H,88,89)/t38-,39-,40-,41+,42-,43?,44+,46+,47-,48+,49-,50+,51+,52-/m0/s1. The molecule has 1 rings (SSSR count). The summed E-state index contributed by atoms with van der Waals surface area (Å²) in [6.07, 6.45) is 1.36. The fraction of sp³-hybridized carbons (Fsp3) is 0.815. The Morgan fingerprint density at radius 2 is 0.946 bits per heavy atom. The molecule has 0 saturated carbocycles. The summed E-state index contributed by atoms with van der Waals surface area (Å²) in [4.78, 5) is 168. The Hall–Kier alpha value is -6.64. The van der Waals surface area contributed by atoms with Gasteiger partial charge in [-0.25, -0.2) is 9.59 Å². The second kappa shape index (κ2) is 39.2. The highest BCUT2D eigenvalue weighted by atomic mass is 16.6. The Morgan fingerprint density at radius 3 is 1.40 bits per heavy atom. The largest absolute Gasteiger partial charge is 0.480 e. The lowest BCUT2D eigenvalue weighted by Crippen LogP contribution is -2.63. The first-order chi connectivity index (χ1) is 42.6. The molecule has 27 heteroatoms. The van der Waals surface area contributed by atoms with E-state index in [0.29, 0.717) is 31.6 Å². The number of ether oxygens (including phenoxy) is 2. The molecule has 1 fully saturated rings. The molecular formula is C65H118N12O15. The monoisotopic (exact) mass is 1310 g/mol. The number of rotatable bonds is 38. The molecule has 13 N–H and O–H groups in total. The number of likely N-dealkylation sites (tertiary alicyclic amines) is 1. The third kappa shape index (κ3) is 28.3. The predicted molar refractivity (Wildman–Crippen MR) is 350 cm³/mol. The third-order valence-corrected chi connectivity index (χ3v) is 16.4. The molecule has 0 aromatic rings. The third-order valence-electron chi connectivity index (χ3n) is 16.4. The van der Waals surface area contributed by atoms with Gasteiger partial charge in [0.05, 0.1) is 11.7 Å². The van der Waals surface area contributed by atoms with Gasteiger partial charge in [-0.2, -0.15) is 0 Å². The topological polar surface area (TPSA) is 393 Å². The molecule has 0 spiro atoms. The second-order valence-electron chi connectivity index (χ2n) is 28.2. The minimum absolute atomic E-state index is 0.00113. The number of carbonyl (C=O) groups excluding carboxylic acids is 11. The summed E-state index contributed by atoms with van der Waals surface area (Å²) >= 11 is 0. The molecule has 1 saturated heterocycles. The number of hydrogen-bond acceptors (Lipinski definition) is 15. The number of alkyl carbamates (subject to hydrolysis) is 1. The Labute approximate surface area is 547 Å². The average molecular weight is 1310 g/mol. The molecule has 0 radical (unpaired) electrons. The van der Waals surface area contributed by atoms with Gasteiger partial charge in [0, 0.05) is 26.1 Å². The number of nitrogens with one attached hydrogen (secondary N) is 10. The van der Waals surface area contributed by atoms with Crippen LogP contribution < -0.4 is 58.9 Å². The smallest absolute Gasteiger partial charge is 0.407 e. The molecule has 1 heterocycles. The van der Waals surface area contributed by atoms with Crippen LogP contribution in [0.1, 0.15) is 203 Å². The summed E-state index contributed by atoms with van der Waals surface area (Å²) in [5, 5.41) is 36.9. The lowest BCUT2D eigenvalue weighted by atomic mass is 9.96. The van der Waals surface area contributed by atoms with Crippen LogP contribution in [0.2, 0.25) is 0 Å². The van der Waals surface area contributed by atoms with Crippen molar-refractivity contribution in [1.29, 1.82) is 0 Å². The molecule has 1 unspecified atom stereocenters. The van der Waals surface area contributed by atoms with E-state index in [1.54, 1.807) is 132 Å². The maximum atomic E-state index is 14.8. The molecule has 27 nitrogen and oxygen atoms in total. The Morgan fingerprint density at radius 1 is 0.511 bits per heavy atom. The molecular weight excluding hydrogens is 1190 g/mol. The number of carboxylic acid groups (broad SMARTS) is 1. The van der Waals surface area contributed by atoms with E-state index in [9.17, 15) is 62.6 Å². The molecule has 1 aliphatic heterocycles. The van der Waals surface area contributed by atoms with Crippen molar-refractivity contribution >= 4 is 71.1 Å². The van der Waals surface area contributed by atoms with Gasteiger partial charge in [-0.05, 0) is 122 Å². The van der Waals surface area contributed by atoms with Crippen LogP contribution in [0.4, 0.5) is 4.79 Å². The lowest BCUT2D eigenvalue weighted by molar-refractivity contribution is -0.144. The fourth-order valence-corrected chi connectivity index (χ4v) is 10.2. The molecule has 528 valence electrons. The van der Waals surface area contributed by atoms with E-state index < -0.39 is 179 Å². The number of carboxylic acids is 1. The zero-order valence-corrected chi connectivity index (χ0v) is 59.1. The van der Waals surface area contributed by atoms with Gasteiger partial charge < -0.3 is 78.4 Å². The van der Waals surface area contributed by atoms with E-state index >= 15 is 0 Å². The summed E-state index contributed by atoms with van der Waals surface area (Å²) in [6.45, 7) is 36.3. The minimum Gasteiger partial charge on any atom is -0.480 e. The number of hydrogen-bond donors (Lipinski definition) is 12. The van der Waals surface area contributed by atoms with Gasteiger partial charge >= 0.3 is 12.1 Å². The quantitative estimate of drug-likeness (QED) is 0.0394. The van der Waals surface area contributed by atoms with Gasteiger partial charge in [-0.3, -0.25) is 47.9 Å². The first-order valence-electron chi connectivity index (χ1n) is 33.2. The van der Waals surface area contributed by atoms with Crippen molar-refractivity contribution in [3.63, 3.8) is 0 Å². The van der Waals surface area contributed by atoms with Crippen molar-refractivity contribution in [2.75, 3.05) is 19.6 Å². The number of nitrogens with two attached hydrogens (primary N) is 1. The summed E-state index contributed by atoms with van der Waals surface area (Å²) < 4.78 is 11.5. The number of aliphatic carboxylic acids is 1. The first kappa shape index (κ1) is 83.4. The molecule has 1 aliphatic rings. The van der Waals surface area contributed by atoms with E-state index in [-0.39, 0.29) is 50.6 Å². The van der Waals surface area contributed by atoms with Crippen molar-refractivity contribution < 1.29 is 72.1 Å². The van der Waals surface area contributed by atoms with E-state index in [1.165, 1.54) is 4.90 Å². The van der Waals surface area contributed by atoms with Crippen LogP contribution in [0.3, 0.4) is 0 Å². The average Bonchev–Trinajstić information content (AvgIpc) is 1.49. The van der Waals surface area contributed by atoms with Crippen LogP contribution in [0.15, 0.2) is 0 Å². The number of carbonyl (C=O) groups is 12. The van der Waals surface area contributed by atoms with Crippen molar-refractivity contribution in [1.82, 2.24) is 58.1 Å². The molecule has 0 aromatic heterocycles. The normalized spacial score (nSPS) is 17.8. The van der Waals surface area contributed by atoms with Crippen molar-refractivity contribution in [3.05, 3.63) is 0 Å². The zero-order chi connectivity index (χ0) is 70.9. The summed E-state index contributed by atoms with van der Waals surface area (Å²) in [7, 11) is 0. The summed E-state index contributed by atoms with van der Waals surface area (Å²) in [5.74, 6) is -11.0. The maximum absolute atomic E-state index is 14.8. The molecule has 0 bridgehead atoms. The highest BCUT2D eigenvalue weighted by Crippen LogP contribution is 2.23. The Bertz CT molecular complexity index is 2460. The van der Waals surface area contributed by atoms with E-state index in [1.807, 2.05) is 13.8 Å². The van der Waals surface area contributed by atoms with E-state index in [2.05, 4.69) is 53.2 Å². The summed E-state index contributed by atoms with van der Waals surface area (Å²) in [6, 6.07) is -12.6. The van der Waals surface area contributed by atoms with Crippen LogP contribution in [0.25, 0.3) is 0 Å². The van der Waals surface area contributed by atoms with E-state index in [0.717, 1.165) is 6.42 Å².